The molecule has 0 aliphatic carbocycles. The van der Waals surface area contributed by atoms with Crippen molar-refractivity contribution in [2.24, 2.45) is 0 Å². The summed E-state index contributed by atoms with van der Waals surface area (Å²) in [6, 6.07) is 14.6. The molecule has 1 unspecified atom stereocenters. The van der Waals surface area contributed by atoms with Crippen LogP contribution in [-0.4, -0.2) is 43.1 Å². The third kappa shape index (κ3) is 3.48. The van der Waals surface area contributed by atoms with E-state index in [9.17, 15) is 14.9 Å². The minimum absolute atomic E-state index is 0.101. The van der Waals surface area contributed by atoms with Gasteiger partial charge in [-0.3, -0.25) is 14.9 Å². The van der Waals surface area contributed by atoms with Gasteiger partial charge >= 0.3 is 0 Å². The number of amides is 1. The summed E-state index contributed by atoms with van der Waals surface area (Å²) in [6.07, 6.45) is 5.34. The summed E-state index contributed by atoms with van der Waals surface area (Å²) < 4.78 is 1.32. The van der Waals surface area contributed by atoms with Crippen LogP contribution in [0.1, 0.15) is 28.8 Å². The molecule has 1 amide bonds. The molecule has 4 rings (SSSR count). The second-order valence-electron chi connectivity index (χ2n) is 6.78. The molecule has 1 aliphatic rings. The monoisotopic (exact) mass is 377 g/mol. The molecule has 2 heterocycles. The van der Waals surface area contributed by atoms with Gasteiger partial charge in [0, 0.05) is 24.2 Å². The lowest BCUT2D eigenvalue weighted by molar-refractivity contribution is -0.384. The number of carbonyl (C=O) groups is 1. The summed E-state index contributed by atoms with van der Waals surface area (Å²) in [7, 11) is 0. The molecule has 3 aromatic rings. The van der Waals surface area contributed by atoms with Crippen LogP contribution in [0.15, 0.2) is 61.2 Å². The van der Waals surface area contributed by atoms with Crippen LogP contribution in [0, 0.1) is 10.1 Å². The molecule has 0 saturated carbocycles. The topological polar surface area (TPSA) is 94.2 Å². The van der Waals surface area contributed by atoms with E-state index in [1.54, 1.807) is 12.1 Å². The zero-order chi connectivity index (χ0) is 19.5. The third-order valence-electron chi connectivity index (χ3n) is 5.04. The van der Waals surface area contributed by atoms with Gasteiger partial charge in [-0.1, -0.05) is 30.3 Å². The number of hydrogen-bond donors (Lipinski definition) is 0. The van der Waals surface area contributed by atoms with E-state index in [4.69, 9.17) is 0 Å². The summed E-state index contributed by atoms with van der Waals surface area (Å²) in [5, 5.41) is 15.5. The number of nitro groups is 1. The number of aromatic nitrogens is 3. The van der Waals surface area contributed by atoms with E-state index in [0.717, 1.165) is 19.3 Å². The molecule has 1 aliphatic heterocycles. The quantitative estimate of drug-likeness (QED) is 0.503. The minimum Gasteiger partial charge on any atom is -0.335 e. The molecule has 2 aromatic carbocycles. The Balaban J connectivity index is 1.60. The number of nitrogens with zero attached hydrogens (tertiary/aromatic N) is 5. The van der Waals surface area contributed by atoms with Crippen molar-refractivity contribution in [2.45, 2.75) is 25.3 Å². The van der Waals surface area contributed by atoms with Gasteiger partial charge in [-0.25, -0.2) is 9.67 Å². The first kappa shape index (κ1) is 17.8. The predicted molar refractivity (Wildman–Crippen MR) is 102 cm³/mol. The molecule has 1 atom stereocenters. The molecule has 0 radical (unpaired) electrons. The molecule has 1 aromatic heterocycles. The van der Waals surface area contributed by atoms with Crippen LogP contribution in [0.3, 0.4) is 0 Å². The Morgan fingerprint density at radius 2 is 2.04 bits per heavy atom. The highest BCUT2D eigenvalue weighted by molar-refractivity contribution is 5.95. The molecular formula is C20H19N5O3. The van der Waals surface area contributed by atoms with Crippen molar-refractivity contribution >= 4 is 11.6 Å². The standard InChI is InChI=1S/C20H19N5O3/c26-20(23-10-4-7-17(23)11-15-5-2-1-3-6-15)16-8-9-18(19(12-16)25(27)28)24-14-21-13-22-24/h1-3,5-6,8-9,12-14,17H,4,7,10-11H2. The summed E-state index contributed by atoms with van der Waals surface area (Å²) in [5.74, 6) is -0.174. The number of benzene rings is 2. The lowest BCUT2D eigenvalue weighted by Gasteiger charge is -2.25. The van der Waals surface area contributed by atoms with E-state index in [1.165, 1.54) is 29.0 Å². The molecule has 8 heteroatoms. The zero-order valence-electron chi connectivity index (χ0n) is 15.1. The van der Waals surface area contributed by atoms with E-state index in [-0.39, 0.29) is 23.3 Å². The molecule has 28 heavy (non-hydrogen) atoms. The van der Waals surface area contributed by atoms with E-state index >= 15 is 0 Å². The van der Waals surface area contributed by atoms with Crippen LogP contribution in [0.4, 0.5) is 5.69 Å². The first-order valence-electron chi connectivity index (χ1n) is 9.12. The molecule has 0 N–H and O–H groups in total. The van der Waals surface area contributed by atoms with Gasteiger partial charge < -0.3 is 4.90 Å². The van der Waals surface area contributed by atoms with Crippen LogP contribution in [0.5, 0.6) is 0 Å². The number of likely N-dealkylation sites (tertiary alicyclic amines) is 1. The van der Waals surface area contributed by atoms with Gasteiger partial charge in [0.1, 0.15) is 18.3 Å². The average Bonchev–Trinajstić information content (AvgIpc) is 3.40. The normalized spacial score (nSPS) is 16.3. The minimum atomic E-state index is -0.501. The van der Waals surface area contributed by atoms with Gasteiger partial charge in [-0.15, -0.1) is 0 Å². The molecule has 0 bridgehead atoms. The zero-order valence-corrected chi connectivity index (χ0v) is 15.1. The number of rotatable bonds is 5. The maximum Gasteiger partial charge on any atom is 0.295 e. The molecule has 0 spiro atoms. The number of carbonyl (C=O) groups excluding carboxylic acids is 1. The highest BCUT2D eigenvalue weighted by Crippen LogP contribution is 2.27. The van der Waals surface area contributed by atoms with Crippen LogP contribution >= 0.6 is 0 Å². The van der Waals surface area contributed by atoms with Crippen LogP contribution in [0.2, 0.25) is 0 Å². The molecule has 1 fully saturated rings. The Bertz CT molecular complexity index is 988. The van der Waals surface area contributed by atoms with Gasteiger partial charge in [-0.05, 0) is 37.0 Å². The maximum absolute atomic E-state index is 13.1. The fraction of sp³-hybridized carbons (Fsp3) is 0.250. The fourth-order valence-corrected chi connectivity index (χ4v) is 3.70. The average molecular weight is 377 g/mol. The SMILES string of the molecule is O=C(c1ccc(-n2cncn2)c([N+](=O)[O-])c1)N1CCCC1Cc1ccccc1. The Morgan fingerprint density at radius 1 is 1.21 bits per heavy atom. The Labute approximate surface area is 161 Å². The summed E-state index contributed by atoms with van der Waals surface area (Å²) in [5.41, 5.74) is 1.60. The van der Waals surface area contributed by atoms with E-state index in [1.807, 2.05) is 23.1 Å². The second kappa shape index (κ2) is 7.59. The van der Waals surface area contributed by atoms with E-state index in [2.05, 4.69) is 22.2 Å². The van der Waals surface area contributed by atoms with Gasteiger partial charge in [0.2, 0.25) is 0 Å². The van der Waals surface area contributed by atoms with Gasteiger partial charge in [0.05, 0.1) is 4.92 Å². The van der Waals surface area contributed by atoms with Gasteiger partial charge in [-0.2, -0.15) is 5.10 Å². The maximum atomic E-state index is 13.1. The van der Waals surface area contributed by atoms with Crippen LogP contribution < -0.4 is 0 Å². The second-order valence-corrected chi connectivity index (χ2v) is 6.78. The largest absolute Gasteiger partial charge is 0.335 e. The van der Waals surface area contributed by atoms with Crippen molar-refractivity contribution in [3.8, 4) is 5.69 Å². The highest BCUT2D eigenvalue weighted by atomic mass is 16.6. The van der Waals surface area contributed by atoms with E-state index < -0.39 is 4.92 Å². The summed E-state index contributed by atoms with van der Waals surface area (Å²) in [6.45, 7) is 0.662. The first-order chi connectivity index (χ1) is 13.6. The van der Waals surface area contributed by atoms with Crippen LogP contribution in [0.25, 0.3) is 5.69 Å². The van der Waals surface area contributed by atoms with Crippen molar-refractivity contribution in [3.05, 3.63) is 82.4 Å². The third-order valence-corrected chi connectivity index (χ3v) is 5.04. The first-order valence-corrected chi connectivity index (χ1v) is 9.12. The lowest BCUT2D eigenvalue weighted by atomic mass is 10.0. The van der Waals surface area contributed by atoms with Gasteiger partial charge in [0.15, 0.2) is 0 Å². The van der Waals surface area contributed by atoms with Crippen molar-refractivity contribution in [1.29, 1.82) is 0 Å². The fourth-order valence-electron chi connectivity index (χ4n) is 3.70. The number of hydrogen-bond acceptors (Lipinski definition) is 5. The number of nitro benzene ring substituents is 1. The summed E-state index contributed by atoms with van der Waals surface area (Å²) >= 11 is 0. The molecule has 142 valence electrons. The van der Waals surface area contributed by atoms with Gasteiger partial charge in [0.25, 0.3) is 11.6 Å². The van der Waals surface area contributed by atoms with Crippen molar-refractivity contribution in [2.75, 3.05) is 6.54 Å². The molecular weight excluding hydrogens is 358 g/mol. The van der Waals surface area contributed by atoms with Crippen LogP contribution in [-0.2, 0) is 6.42 Å². The van der Waals surface area contributed by atoms with Crippen molar-refractivity contribution in [3.63, 3.8) is 0 Å². The smallest absolute Gasteiger partial charge is 0.295 e. The Morgan fingerprint density at radius 3 is 2.75 bits per heavy atom. The molecule has 1 saturated heterocycles. The Hall–Kier alpha value is -3.55. The van der Waals surface area contributed by atoms with E-state index in [0.29, 0.717) is 12.1 Å². The van der Waals surface area contributed by atoms with Crippen molar-refractivity contribution in [1.82, 2.24) is 19.7 Å². The van der Waals surface area contributed by atoms with Crippen molar-refractivity contribution < 1.29 is 9.72 Å². The predicted octanol–water partition coefficient (Wildman–Crippen LogP) is 3.02. The Kier molecular flexibility index (Phi) is 4.84. The summed E-state index contributed by atoms with van der Waals surface area (Å²) in [4.78, 5) is 29.8. The highest BCUT2D eigenvalue weighted by Gasteiger charge is 2.30. The lowest BCUT2D eigenvalue weighted by Crippen LogP contribution is -2.36. The molecule has 8 nitrogen and oxygen atoms in total.